The Hall–Kier alpha value is -1.65. The maximum Gasteiger partial charge on any atom is 0.341 e. The molecule has 35 heavy (non-hydrogen) atoms. The highest BCUT2D eigenvalue weighted by molar-refractivity contribution is 9.10. The van der Waals surface area contributed by atoms with Gasteiger partial charge in [-0.2, -0.15) is 5.10 Å². The number of rotatable bonds is 6. The fraction of sp³-hybridized carbons (Fsp3) is 0.375. The monoisotopic (exact) mass is 614 g/mol. The first-order chi connectivity index (χ1) is 16.9. The normalized spacial score (nSPS) is 13.5. The van der Waals surface area contributed by atoms with Crippen molar-refractivity contribution in [2.24, 2.45) is 0 Å². The molecule has 0 atom stereocenters. The minimum absolute atomic E-state index is 0.304. The first-order valence-electron chi connectivity index (χ1n) is 11.4. The Kier molecular flexibility index (Phi) is 9.10. The lowest BCUT2D eigenvalue weighted by Crippen LogP contribution is -2.21. The van der Waals surface area contributed by atoms with Crippen LogP contribution in [0.2, 0.25) is 10.0 Å². The first-order valence-corrected chi connectivity index (χ1v) is 14.2. The standard InChI is InChI=1S/C24H25BrCl2N4O2S2/c1-2-33-23(32)20-16-7-5-3-4-6-8-19(16)35-22(20)29-24(34)28-21-17(25)13-31(30-21)12-14-9-10-15(26)11-18(14)27/h9-11,13H,2-8,12H2,1H3,(H2,28,29,30,34). The second-order valence-electron chi connectivity index (χ2n) is 8.18. The van der Waals surface area contributed by atoms with E-state index in [4.69, 9.17) is 40.2 Å². The van der Waals surface area contributed by atoms with Gasteiger partial charge in [-0.1, -0.05) is 42.1 Å². The molecule has 4 rings (SSSR count). The second kappa shape index (κ2) is 12.1. The number of halogens is 3. The molecule has 0 radical (unpaired) electrons. The van der Waals surface area contributed by atoms with Crippen LogP contribution < -0.4 is 10.6 Å². The van der Waals surface area contributed by atoms with Crippen LogP contribution in [0.5, 0.6) is 0 Å². The van der Waals surface area contributed by atoms with Gasteiger partial charge in [-0.05, 0) is 84.0 Å². The van der Waals surface area contributed by atoms with E-state index < -0.39 is 0 Å². The van der Waals surface area contributed by atoms with E-state index in [0.29, 0.717) is 39.7 Å². The van der Waals surface area contributed by atoms with E-state index in [1.807, 2.05) is 19.2 Å². The third-order valence-corrected chi connectivity index (χ3v) is 8.25. The number of hydrogen-bond donors (Lipinski definition) is 2. The molecule has 1 aliphatic rings. The molecule has 2 aromatic heterocycles. The fourth-order valence-electron chi connectivity index (χ4n) is 4.06. The van der Waals surface area contributed by atoms with Crippen molar-refractivity contribution in [2.75, 3.05) is 17.2 Å². The Labute approximate surface area is 232 Å². The number of thiocarbonyl (C=S) groups is 1. The van der Waals surface area contributed by atoms with Crippen molar-refractivity contribution in [1.82, 2.24) is 9.78 Å². The van der Waals surface area contributed by atoms with Crippen LogP contribution in [0.15, 0.2) is 28.9 Å². The minimum atomic E-state index is -0.304. The van der Waals surface area contributed by atoms with E-state index in [0.717, 1.165) is 46.3 Å². The van der Waals surface area contributed by atoms with Gasteiger partial charge in [-0.3, -0.25) is 4.68 Å². The summed E-state index contributed by atoms with van der Waals surface area (Å²) in [6, 6.07) is 5.38. The smallest absolute Gasteiger partial charge is 0.341 e. The van der Waals surface area contributed by atoms with E-state index in [-0.39, 0.29) is 5.97 Å². The number of fused-ring (bicyclic) bond motifs is 1. The van der Waals surface area contributed by atoms with Crippen LogP contribution in [-0.2, 0) is 24.1 Å². The molecule has 1 aromatic carbocycles. The zero-order valence-corrected chi connectivity index (χ0v) is 23.9. The minimum Gasteiger partial charge on any atom is -0.462 e. The molecular weight excluding hydrogens is 591 g/mol. The molecule has 0 aliphatic heterocycles. The maximum absolute atomic E-state index is 12.9. The summed E-state index contributed by atoms with van der Waals surface area (Å²) in [6.07, 6.45) is 8.28. The molecule has 3 aromatic rings. The molecule has 0 fully saturated rings. The number of nitrogens with one attached hydrogen (secondary N) is 2. The maximum atomic E-state index is 12.9. The van der Waals surface area contributed by atoms with E-state index in [1.54, 1.807) is 28.2 Å². The predicted octanol–water partition coefficient (Wildman–Crippen LogP) is 7.71. The fourth-order valence-corrected chi connectivity index (χ4v) is 6.48. The van der Waals surface area contributed by atoms with Gasteiger partial charge in [-0.25, -0.2) is 4.79 Å². The number of nitrogens with zero attached hydrogens (tertiary/aromatic N) is 2. The molecule has 0 bridgehead atoms. The van der Waals surface area contributed by atoms with Gasteiger partial charge in [-0.15, -0.1) is 11.3 Å². The summed E-state index contributed by atoms with van der Waals surface area (Å²) in [6.45, 7) is 2.62. The predicted molar refractivity (Wildman–Crippen MR) is 151 cm³/mol. The quantitative estimate of drug-likeness (QED) is 0.219. The van der Waals surface area contributed by atoms with Gasteiger partial charge in [0.25, 0.3) is 0 Å². The summed E-state index contributed by atoms with van der Waals surface area (Å²) in [7, 11) is 0. The van der Waals surface area contributed by atoms with Crippen molar-refractivity contribution in [1.29, 1.82) is 0 Å². The van der Waals surface area contributed by atoms with Gasteiger partial charge >= 0.3 is 5.97 Å². The van der Waals surface area contributed by atoms with Crippen LogP contribution in [0, 0.1) is 0 Å². The van der Waals surface area contributed by atoms with E-state index in [9.17, 15) is 4.79 Å². The van der Waals surface area contributed by atoms with Crippen LogP contribution in [0.1, 0.15) is 59.0 Å². The average Bonchev–Trinajstić information content (AvgIpc) is 3.29. The molecule has 2 N–H and O–H groups in total. The summed E-state index contributed by atoms with van der Waals surface area (Å²) in [5.74, 6) is 0.251. The van der Waals surface area contributed by atoms with E-state index >= 15 is 0 Å². The number of esters is 1. The van der Waals surface area contributed by atoms with Crippen molar-refractivity contribution in [2.45, 2.75) is 52.0 Å². The number of thiophene rings is 1. The lowest BCUT2D eigenvalue weighted by atomic mass is 9.96. The Bertz CT molecular complexity index is 1240. The van der Waals surface area contributed by atoms with Crippen LogP contribution in [0.4, 0.5) is 10.8 Å². The number of aryl methyl sites for hydroxylation is 1. The number of anilines is 2. The molecule has 0 amide bonds. The van der Waals surface area contributed by atoms with Gasteiger partial charge in [0.05, 0.1) is 23.2 Å². The van der Waals surface area contributed by atoms with Crippen molar-refractivity contribution < 1.29 is 9.53 Å². The highest BCUT2D eigenvalue weighted by atomic mass is 79.9. The third kappa shape index (κ3) is 6.57. The van der Waals surface area contributed by atoms with Gasteiger partial charge in [0, 0.05) is 21.1 Å². The van der Waals surface area contributed by atoms with Crippen molar-refractivity contribution in [3.8, 4) is 0 Å². The largest absolute Gasteiger partial charge is 0.462 e. The highest BCUT2D eigenvalue weighted by Gasteiger charge is 2.26. The number of benzene rings is 1. The summed E-state index contributed by atoms with van der Waals surface area (Å²) in [4.78, 5) is 14.1. The van der Waals surface area contributed by atoms with Crippen LogP contribution in [0.3, 0.4) is 0 Å². The number of carbonyl (C=O) groups excluding carboxylic acids is 1. The molecule has 186 valence electrons. The summed E-state index contributed by atoms with van der Waals surface area (Å²) >= 11 is 23.0. The number of carbonyl (C=O) groups is 1. The molecule has 2 heterocycles. The lowest BCUT2D eigenvalue weighted by Gasteiger charge is -2.12. The second-order valence-corrected chi connectivity index (χ2v) is 11.4. The molecule has 1 aliphatic carbocycles. The Morgan fingerprint density at radius 2 is 2.00 bits per heavy atom. The average molecular weight is 616 g/mol. The van der Waals surface area contributed by atoms with Crippen LogP contribution in [-0.4, -0.2) is 27.5 Å². The Morgan fingerprint density at radius 1 is 1.23 bits per heavy atom. The van der Waals surface area contributed by atoms with Crippen molar-refractivity contribution >= 4 is 84.6 Å². The van der Waals surface area contributed by atoms with Crippen molar-refractivity contribution in [3.05, 3.63) is 60.5 Å². The van der Waals surface area contributed by atoms with E-state index in [1.165, 1.54) is 17.7 Å². The molecule has 0 saturated carbocycles. The molecule has 0 spiro atoms. The van der Waals surface area contributed by atoms with Crippen molar-refractivity contribution in [3.63, 3.8) is 0 Å². The zero-order valence-electron chi connectivity index (χ0n) is 19.1. The molecule has 0 unspecified atom stereocenters. The first kappa shape index (κ1) is 26.4. The van der Waals surface area contributed by atoms with Gasteiger partial charge in [0.2, 0.25) is 0 Å². The molecule has 11 heteroatoms. The Balaban J connectivity index is 1.51. The summed E-state index contributed by atoms with van der Waals surface area (Å²) in [5.41, 5.74) is 2.61. The zero-order chi connectivity index (χ0) is 24.9. The van der Waals surface area contributed by atoms with Crippen LogP contribution in [0.25, 0.3) is 0 Å². The topological polar surface area (TPSA) is 68.2 Å². The Morgan fingerprint density at radius 3 is 2.74 bits per heavy atom. The van der Waals surface area contributed by atoms with Gasteiger partial charge < -0.3 is 15.4 Å². The summed E-state index contributed by atoms with van der Waals surface area (Å²) in [5, 5.41) is 13.2. The molecule has 0 saturated heterocycles. The lowest BCUT2D eigenvalue weighted by molar-refractivity contribution is 0.0526. The highest BCUT2D eigenvalue weighted by Crippen LogP contribution is 2.38. The number of hydrogen-bond acceptors (Lipinski definition) is 5. The SMILES string of the molecule is CCOC(=O)c1c(NC(=S)Nc2nn(Cc3ccc(Cl)cc3Cl)cc2Br)sc2c1CCCCCC2. The molecule has 6 nitrogen and oxygen atoms in total. The van der Waals surface area contributed by atoms with E-state index in [2.05, 4.69) is 31.7 Å². The van der Waals surface area contributed by atoms with Gasteiger partial charge in [0.1, 0.15) is 5.00 Å². The van der Waals surface area contributed by atoms with Gasteiger partial charge in [0.15, 0.2) is 10.9 Å². The molecular formula is C24H25BrCl2N4O2S2. The summed E-state index contributed by atoms with van der Waals surface area (Å²) < 4.78 is 7.88. The number of aromatic nitrogens is 2. The van der Waals surface area contributed by atoms with Crippen LogP contribution >= 0.6 is 62.7 Å². The number of ether oxygens (including phenoxy) is 1. The third-order valence-electron chi connectivity index (χ3n) is 5.67.